The molecule has 0 bridgehead atoms. The molecule has 1 saturated heterocycles. The molecule has 0 N–H and O–H groups in total. The standard InChI is InChI=1S/C16H18N6O/c1-11-18-19-15-6-5-12(10-22(11)15)16(23)21-7-3-4-14(21)13-8-17-20(2)9-13/h5-6,8-10,14H,3-4,7H2,1-2H3/t14-/m1/s1. The van der Waals surface area contributed by atoms with Crippen molar-refractivity contribution in [3.05, 3.63) is 47.7 Å². The number of nitrogens with zero attached hydrogens (tertiary/aromatic N) is 6. The van der Waals surface area contributed by atoms with Crippen molar-refractivity contribution in [3.8, 4) is 0 Å². The highest BCUT2D eigenvalue weighted by Gasteiger charge is 2.31. The smallest absolute Gasteiger partial charge is 0.255 e. The van der Waals surface area contributed by atoms with Crippen molar-refractivity contribution in [2.24, 2.45) is 7.05 Å². The van der Waals surface area contributed by atoms with E-state index >= 15 is 0 Å². The van der Waals surface area contributed by atoms with Crippen LogP contribution in [0.15, 0.2) is 30.7 Å². The Bertz CT molecular complexity index is 880. The summed E-state index contributed by atoms with van der Waals surface area (Å²) in [5.41, 5.74) is 2.51. The lowest BCUT2D eigenvalue weighted by Gasteiger charge is -2.24. The molecule has 0 spiro atoms. The average molecular weight is 310 g/mol. The molecular weight excluding hydrogens is 292 g/mol. The van der Waals surface area contributed by atoms with E-state index in [1.54, 1.807) is 4.68 Å². The minimum absolute atomic E-state index is 0.0475. The van der Waals surface area contributed by atoms with Gasteiger partial charge in [0.1, 0.15) is 5.82 Å². The van der Waals surface area contributed by atoms with E-state index in [1.807, 2.05) is 54.0 Å². The molecule has 4 rings (SSSR count). The van der Waals surface area contributed by atoms with Crippen LogP contribution in [-0.2, 0) is 7.05 Å². The zero-order chi connectivity index (χ0) is 16.0. The number of rotatable bonds is 2. The van der Waals surface area contributed by atoms with Crippen LogP contribution in [0.2, 0.25) is 0 Å². The Balaban J connectivity index is 1.67. The minimum Gasteiger partial charge on any atom is -0.331 e. The van der Waals surface area contributed by atoms with Gasteiger partial charge < -0.3 is 4.90 Å². The van der Waals surface area contributed by atoms with Gasteiger partial charge in [-0.25, -0.2) is 0 Å². The van der Waals surface area contributed by atoms with Gasteiger partial charge in [-0.1, -0.05) is 0 Å². The van der Waals surface area contributed by atoms with Gasteiger partial charge in [-0.05, 0) is 31.9 Å². The molecule has 1 aliphatic heterocycles. The van der Waals surface area contributed by atoms with E-state index in [0.717, 1.165) is 36.4 Å². The van der Waals surface area contributed by atoms with Gasteiger partial charge in [0.25, 0.3) is 5.91 Å². The van der Waals surface area contributed by atoms with E-state index in [1.165, 1.54) is 0 Å². The lowest BCUT2D eigenvalue weighted by molar-refractivity contribution is 0.0735. The molecule has 1 atom stereocenters. The second kappa shape index (κ2) is 5.19. The van der Waals surface area contributed by atoms with Crippen LogP contribution in [0.1, 0.15) is 40.6 Å². The van der Waals surface area contributed by atoms with Gasteiger partial charge in [0.15, 0.2) is 5.65 Å². The first-order valence-corrected chi connectivity index (χ1v) is 7.74. The van der Waals surface area contributed by atoms with Crippen molar-refractivity contribution >= 4 is 11.6 Å². The Morgan fingerprint density at radius 2 is 2.13 bits per heavy atom. The van der Waals surface area contributed by atoms with Crippen molar-refractivity contribution in [1.82, 2.24) is 29.3 Å². The number of pyridine rings is 1. The zero-order valence-electron chi connectivity index (χ0n) is 13.2. The lowest BCUT2D eigenvalue weighted by atomic mass is 10.1. The van der Waals surface area contributed by atoms with Crippen molar-refractivity contribution in [1.29, 1.82) is 0 Å². The molecule has 23 heavy (non-hydrogen) atoms. The topological polar surface area (TPSA) is 68.3 Å². The molecule has 0 aliphatic carbocycles. The van der Waals surface area contributed by atoms with E-state index in [9.17, 15) is 4.79 Å². The first kappa shape index (κ1) is 13.9. The monoisotopic (exact) mass is 310 g/mol. The number of likely N-dealkylation sites (tertiary alicyclic amines) is 1. The lowest BCUT2D eigenvalue weighted by Crippen LogP contribution is -2.30. The van der Waals surface area contributed by atoms with Crippen LogP contribution in [0.3, 0.4) is 0 Å². The minimum atomic E-state index is 0.0475. The molecule has 7 nitrogen and oxygen atoms in total. The Morgan fingerprint density at radius 1 is 1.26 bits per heavy atom. The largest absolute Gasteiger partial charge is 0.331 e. The van der Waals surface area contributed by atoms with Gasteiger partial charge in [-0.2, -0.15) is 5.10 Å². The Morgan fingerprint density at radius 3 is 2.91 bits per heavy atom. The predicted molar refractivity (Wildman–Crippen MR) is 83.9 cm³/mol. The first-order chi connectivity index (χ1) is 11.1. The fraction of sp³-hybridized carbons (Fsp3) is 0.375. The maximum absolute atomic E-state index is 13.0. The summed E-state index contributed by atoms with van der Waals surface area (Å²) in [6, 6.07) is 3.76. The van der Waals surface area contributed by atoms with Gasteiger partial charge in [0.2, 0.25) is 0 Å². The van der Waals surface area contributed by atoms with Gasteiger partial charge >= 0.3 is 0 Å². The maximum Gasteiger partial charge on any atom is 0.255 e. The summed E-state index contributed by atoms with van der Waals surface area (Å²) >= 11 is 0. The molecule has 0 saturated carbocycles. The number of amides is 1. The van der Waals surface area contributed by atoms with E-state index in [4.69, 9.17) is 0 Å². The molecule has 3 aromatic heterocycles. The summed E-state index contributed by atoms with van der Waals surface area (Å²) in [6.45, 7) is 2.65. The summed E-state index contributed by atoms with van der Waals surface area (Å²) in [7, 11) is 1.90. The Labute approximate surface area is 133 Å². The Kier molecular flexibility index (Phi) is 3.14. The highest BCUT2D eigenvalue weighted by Crippen LogP contribution is 2.32. The van der Waals surface area contributed by atoms with Crippen LogP contribution in [-0.4, -0.2) is 41.7 Å². The molecule has 0 aromatic carbocycles. The van der Waals surface area contributed by atoms with Gasteiger partial charge in [-0.15, -0.1) is 10.2 Å². The van der Waals surface area contributed by atoms with Crippen molar-refractivity contribution in [3.63, 3.8) is 0 Å². The summed E-state index contributed by atoms with van der Waals surface area (Å²) in [6.07, 6.45) is 7.66. The Hall–Kier alpha value is -2.70. The fourth-order valence-electron chi connectivity index (χ4n) is 3.27. The molecule has 1 amide bonds. The predicted octanol–water partition coefficient (Wildman–Crippen LogP) is 1.75. The molecule has 4 heterocycles. The SMILES string of the molecule is Cc1nnc2ccc(C(=O)N3CCC[C@@H]3c3cnn(C)c3)cn12. The van der Waals surface area contributed by atoms with Crippen LogP contribution in [0, 0.1) is 6.92 Å². The van der Waals surface area contributed by atoms with E-state index in [-0.39, 0.29) is 11.9 Å². The molecule has 0 radical (unpaired) electrons. The van der Waals surface area contributed by atoms with Crippen LogP contribution in [0.4, 0.5) is 0 Å². The summed E-state index contributed by atoms with van der Waals surface area (Å²) in [4.78, 5) is 14.9. The normalized spacial score (nSPS) is 18.0. The molecular formula is C16H18N6O. The van der Waals surface area contributed by atoms with Gasteiger partial charge in [0.05, 0.1) is 17.8 Å². The van der Waals surface area contributed by atoms with Crippen molar-refractivity contribution in [2.45, 2.75) is 25.8 Å². The molecule has 3 aromatic rings. The molecule has 118 valence electrons. The molecule has 7 heteroatoms. The van der Waals surface area contributed by atoms with Crippen LogP contribution < -0.4 is 0 Å². The molecule has 0 unspecified atom stereocenters. The summed E-state index contributed by atoms with van der Waals surface area (Å²) in [5.74, 6) is 0.825. The quantitative estimate of drug-likeness (QED) is 0.723. The van der Waals surface area contributed by atoms with Crippen molar-refractivity contribution < 1.29 is 4.79 Å². The molecule has 1 aliphatic rings. The number of carbonyl (C=O) groups excluding carboxylic acids is 1. The number of aromatic nitrogens is 5. The van der Waals surface area contributed by atoms with Crippen LogP contribution in [0.25, 0.3) is 5.65 Å². The van der Waals surface area contributed by atoms with Crippen LogP contribution in [0.5, 0.6) is 0 Å². The third-order valence-electron chi connectivity index (χ3n) is 4.44. The number of fused-ring (bicyclic) bond motifs is 1. The number of carbonyl (C=O) groups is 1. The average Bonchev–Trinajstić information content (AvgIpc) is 3.26. The first-order valence-electron chi connectivity index (χ1n) is 7.74. The zero-order valence-corrected chi connectivity index (χ0v) is 13.2. The van der Waals surface area contributed by atoms with E-state index < -0.39 is 0 Å². The van der Waals surface area contributed by atoms with Gasteiger partial charge in [-0.3, -0.25) is 13.9 Å². The summed E-state index contributed by atoms with van der Waals surface area (Å²) in [5, 5.41) is 12.3. The number of aryl methyl sites for hydroxylation is 2. The van der Waals surface area contributed by atoms with Crippen molar-refractivity contribution in [2.75, 3.05) is 6.54 Å². The molecule has 1 fully saturated rings. The summed E-state index contributed by atoms with van der Waals surface area (Å²) < 4.78 is 3.63. The van der Waals surface area contributed by atoms with Crippen LogP contribution >= 0.6 is 0 Å². The third kappa shape index (κ3) is 2.28. The van der Waals surface area contributed by atoms with E-state index in [0.29, 0.717) is 5.56 Å². The fourth-order valence-corrected chi connectivity index (χ4v) is 3.27. The highest BCUT2D eigenvalue weighted by atomic mass is 16.2. The number of hydrogen-bond donors (Lipinski definition) is 0. The van der Waals surface area contributed by atoms with E-state index in [2.05, 4.69) is 15.3 Å². The van der Waals surface area contributed by atoms with Gasteiger partial charge in [0, 0.05) is 31.5 Å². The third-order valence-corrected chi connectivity index (χ3v) is 4.44. The second-order valence-corrected chi connectivity index (χ2v) is 6.00. The highest BCUT2D eigenvalue weighted by molar-refractivity contribution is 5.94. The second-order valence-electron chi connectivity index (χ2n) is 6.00. The number of hydrogen-bond acceptors (Lipinski definition) is 4. The maximum atomic E-state index is 13.0.